The molecule has 3 heteroatoms. The quantitative estimate of drug-likeness (QED) is 0.870. The summed E-state index contributed by atoms with van der Waals surface area (Å²) in [5.41, 5.74) is 1.65. The molecule has 1 fully saturated rings. The Kier molecular flexibility index (Phi) is 3.20. The summed E-state index contributed by atoms with van der Waals surface area (Å²) in [5, 5.41) is 9.21. The van der Waals surface area contributed by atoms with E-state index in [0.717, 1.165) is 5.56 Å². The molecule has 3 nitrogen and oxygen atoms in total. The van der Waals surface area contributed by atoms with E-state index in [0.29, 0.717) is 25.6 Å². The van der Waals surface area contributed by atoms with Gasteiger partial charge in [0.2, 0.25) is 0 Å². The van der Waals surface area contributed by atoms with Crippen molar-refractivity contribution in [3.05, 3.63) is 35.4 Å². The molecule has 0 bridgehead atoms. The van der Waals surface area contributed by atoms with Crippen molar-refractivity contribution in [2.45, 2.75) is 26.2 Å². The molecule has 1 saturated heterocycles. The Morgan fingerprint density at radius 1 is 1.35 bits per heavy atom. The van der Waals surface area contributed by atoms with Gasteiger partial charge >= 0.3 is 5.97 Å². The largest absolute Gasteiger partial charge is 0.481 e. The summed E-state index contributed by atoms with van der Waals surface area (Å²) in [6.45, 7) is 4.95. The van der Waals surface area contributed by atoms with E-state index in [-0.39, 0.29) is 0 Å². The monoisotopic (exact) mass is 234 g/mol. The van der Waals surface area contributed by atoms with Crippen molar-refractivity contribution in [2.24, 2.45) is 5.41 Å². The van der Waals surface area contributed by atoms with Crippen LogP contribution in [-0.4, -0.2) is 24.3 Å². The lowest BCUT2D eigenvalue weighted by Crippen LogP contribution is -2.50. The van der Waals surface area contributed by atoms with E-state index in [2.05, 4.69) is 26.0 Å². The molecule has 0 atom stereocenters. The predicted molar refractivity (Wildman–Crippen MR) is 65.1 cm³/mol. The maximum absolute atomic E-state index is 11.2. The van der Waals surface area contributed by atoms with Gasteiger partial charge in [-0.1, -0.05) is 38.1 Å². The predicted octanol–water partition coefficient (Wildman–Crippen LogP) is 2.45. The number of hydrogen-bond acceptors (Lipinski definition) is 2. The number of benzene rings is 1. The van der Waals surface area contributed by atoms with Crippen molar-refractivity contribution < 1.29 is 14.6 Å². The van der Waals surface area contributed by atoms with Gasteiger partial charge < -0.3 is 9.84 Å². The zero-order chi connectivity index (χ0) is 12.5. The molecule has 0 amide bonds. The van der Waals surface area contributed by atoms with E-state index in [1.54, 1.807) is 0 Å². The van der Waals surface area contributed by atoms with Crippen LogP contribution in [0.3, 0.4) is 0 Å². The summed E-state index contributed by atoms with van der Waals surface area (Å²) < 4.78 is 5.05. The molecule has 0 spiro atoms. The van der Waals surface area contributed by atoms with Gasteiger partial charge in [-0.25, -0.2) is 0 Å². The highest BCUT2D eigenvalue weighted by Crippen LogP contribution is 2.32. The average Bonchev–Trinajstić information content (AvgIpc) is 2.23. The zero-order valence-electron chi connectivity index (χ0n) is 10.3. The van der Waals surface area contributed by atoms with Gasteiger partial charge in [-0.05, 0) is 23.5 Å². The smallest absolute Gasteiger partial charge is 0.314 e. The molecular weight excluding hydrogens is 216 g/mol. The zero-order valence-corrected chi connectivity index (χ0v) is 10.3. The molecule has 1 aromatic carbocycles. The minimum Gasteiger partial charge on any atom is -0.481 e. The van der Waals surface area contributed by atoms with Crippen LogP contribution in [0.1, 0.15) is 30.9 Å². The number of ether oxygens (including phenoxy) is 1. The minimum atomic E-state index is -0.753. The van der Waals surface area contributed by atoms with Crippen LogP contribution in [0.4, 0.5) is 0 Å². The fourth-order valence-electron chi connectivity index (χ4n) is 2.06. The van der Waals surface area contributed by atoms with E-state index >= 15 is 0 Å². The Balaban J connectivity index is 2.11. The van der Waals surface area contributed by atoms with Gasteiger partial charge in [0, 0.05) is 0 Å². The Labute approximate surface area is 101 Å². The summed E-state index contributed by atoms with van der Waals surface area (Å²) in [6, 6.07) is 8.21. The van der Waals surface area contributed by atoms with Crippen LogP contribution in [0.5, 0.6) is 0 Å². The summed E-state index contributed by atoms with van der Waals surface area (Å²) in [6.07, 6.45) is 0.556. The van der Waals surface area contributed by atoms with Crippen LogP contribution in [0.2, 0.25) is 0 Å². The van der Waals surface area contributed by atoms with E-state index in [1.165, 1.54) is 5.56 Å². The maximum Gasteiger partial charge on any atom is 0.314 e. The molecule has 1 heterocycles. The Bertz CT molecular complexity index is 402. The second-order valence-corrected chi connectivity index (χ2v) is 5.15. The lowest BCUT2D eigenvalue weighted by Gasteiger charge is -2.37. The number of carboxylic acid groups (broad SMARTS) is 1. The number of hydrogen-bond donors (Lipinski definition) is 1. The third-order valence-electron chi connectivity index (χ3n) is 3.40. The first-order chi connectivity index (χ1) is 8.03. The fraction of sp³-hybridized carbons (Fsp3) is 0.500. The van der Waals surface area contributed by atoms with Crippen molar-refractivity contribution in [3.8, 4) is 0 Å². The van der Waals surface area contributed by atoms with Crippen LogP contribution in [0.15, 0.2) is 24.3 Å². The molecule has 1 aliphatic rings. The standard InChI is InChI=1S/C14H18O3/c1-10(2)12-5-3-11(4-6-12)7-14(13(15)16)8-17-9-14/h3-6,10H,7-9H2,1-2H3,(H,15,16). The molecule has 1 aromatic rings. The molecule has 92 valence electrons. The van der Waals surface area contributed by atoms with E-state index in [9.17, 15) is 9.90 Å². The number of carboxylic acids is 1. The Morgan fingerprint density at radius 2 is 1.94 bits per heavy atom. The SMILES string of the molecule is CC(C)c1ccc(CC2(C(=O)O)COC2)cc1. The fourth-order valence-corrected chi connectivity index (χ4v) is 2.06. The van der Waals surface area contributed by atoms with Crippen LogP contribution in [0.25, 0.3) is 0 Å². The van der Waals surface area contributed by atoms with Crippen LogP contribution in [0, 0.1) is 5.41 Å². The highest BCUT2D eigenvalue weighted by atomic mass is 16.5. The summed E-state index contributed by atoms with van der Waals surface area (Å²) >= 11 is 0. The molecule has 0 radical (unpaired) electrons. The second-order valence-electron chi connectivity index (χ2n) is 5.15. The summed E-state index contributed by atoms with van der Waals surface area (Å²) in [7, 11) is 0. The molecule has 0 aliphatic carbocycles. The van der Waals surface area contributed by atoms with Crippen LogP contribution in [-0.2, 0) is 16.0 Å². The van der Waals surface area contributed by atoms with Crippen molar-refractivity contribution in [2.75, 3.05) is 13.2 Å². The first kappa shape index (κ1) is 12.1. The van der Waals surface area contributed by atoms with Gasteiger partial charge in [0.25, 0.3) is 0 Å². The van der Waals surface area contributed by atoms with Gasteiger partial charge in [-0.2, -0.15) is 0 Å². The average molecular weight is 234 g/mol. The molecule has 1 aliphatic heterocycles. The van der Waals surface area contributed by atoms with Gasteiger partial charge in [-0.15, -0.1) is 0 Å². The molecule has 2 rings (SSSR count). The van der Waals surface area contributed by atoms with Crippen molar-refractivity contribution in [1.82, 2.24) is 0 Å². The lowest BCUT2D eigenvalue weighted by atomic mass is 9.79. The highest BCUT2D eigenvalue weighted by molar-refractivity contribution is 5.76. The second kappa shape index (κ2) is 4.49. The molecule has 17 heavy (non-hydrogen) atoms. The first-order valence-electron chi connectivity index (χ1n) is 5.93. The molecule has 0 aromatic heterocycles. The van der Waals surface area contributed by atoms with Gasteiger partial charge in [0.1, 0.15) is 5.41 Å². The van der Waals surface area contributed by atoms with Crippen molar-refractivity contribution in [3.63, 3.8) is 0 Å². The minimum absolute atomic E-state index is 0.328. The molecule has 0 unspecified atom stereocenters. The maximum atomic E-state index is 11.2. The van der Waals surface area contributed by atoms with Crippen molar-refractivity contribution >= 4 is 5.97 Å². The summed E-state index contributed by atoms with van der Waals surface area (Å²) in [5.74, 6) is -0.249. The first-order valence-corrected chi connectivity index (χ1v) is 5.93. The number of aliphatic carboxylic acids is 1. The molecular formula is C14H18O3. The lowest BCUT2D eigenvalue weighted by molar-refractivity contribution is -0.179. The normalized spacial score (nSPS) is 17.8. The molecule has 1 N–H and O–H groups in total. The third-order valence-corrected chi connectivity index (χ3v) is 3.40. The van der Waals surface area contributed by atoms with Crippen molar-refractivity contribution in [1.29, 1.82) is 0 Å². The highest BCUT2D eigenvalue weighted by Gasteiger charge is 2.46. The summed E-state index contributed by atoms with van der Waals surface area (Å²) in [4.78, 5) is 11.2. The topological polar surface area (TPSA) is 46.5 Å². The Morgan fingerprint density at radius 3 is 2.29 bits per heavy atom. The van der Waals surface area contributed by atoms with Crippen LogP contribution >= 0.6 is 0 Å². The van der Waals surface area contributed by atoms with Gasteiger partial charge in [-0.3, -0.25) is 4.79 Å². The van der Waals surface area contributed by atoms with Gasteiger partial charge in [0.15, 0.2) is 0 Å². The van der Waals surface area contributed by atoms with E-state index < -0.39 is 11.4 Å². The Hall–Kier alpha value is -1.35. The third kappa shape index (κ3) is 2.34. The number of rotatable bonds is 4. The van der Waals surface area contributed by atoms with Crippen LogP contribution < -0.4 is 0 Å². The number of carbonyl (C=O) groups is 1. The molecule has 0 saturated carbocycles. The van der Waals surface area contributed by atoms with Gasteiger partial charge in [0.05, 0.1) is 13.2 Å². The van der Waals surface area contributed by atoms with E-state index in [1.807, 2.05) is 12.1 Å². The van der Waals surface area contributed by atoms with E-state index in [4.69, 9.17) is 4.74 Å².